The number of ketones is 1. The molecule has 3 rings (SSSR count). The summed E-state index contributed by atoms with van der Waals surface area (Å²) in [6, 6.07) is 7.59. The first-order chi connectivity index (χ1) is 12.4. The molecule has 0 aliphatic rings. The van der Waals surface area contributed by atoms with E-state index >= 15 is 0 Å². The molecule has 0 radical (unpaired) electrons. The van der Waals surface area contributed by atoms with Gasteiger partial charge in [0, 0.05) is 18.8 Å². The minimum atomic E-state index is -0.502. The molecular formula is C19H16ClFN2O3. The van der Waals surface area contributed by atoms with E-state index in [9.17, 15) is 9.18 Å². The number of aromatic nitrogens is 2. The molecule has 26 heavy (non-hydrogen) atoms. The molecule has 134 valence electrons. The van der Waals surface area contributed by atoms with Crippen LogP contribution in [-0.4, -0.2) is 15.6 Å². The highest BCUT2D eigenvalue weighted by atomic mass is 35.5. The number of halogens is 2. The number of carbonyl (C=O) groups excluding carboxylic acids is 1. The molecule has 0 saturated carbocycles. The Labute approximate surface area is 154 Å². The van der Waals surface area contributed by atoms with E-state index in [1.54, 1.807) is 29.9 Å². The minimum Gasteiger partial charge on any atom is -0.486 e. The molecule has 0 amide bonds. The van der Waals surface area contributed by atoms with Crippen LogP contribution in [0.15, 0.2) is 47.0 Å². The van der Waals surface area contributed by atoms with Crippen LogP contribution in [0.1, 0.15) is 27.6 Å². The number of hydrogen-bond donors (Lipinski definition) is 0. The number of nitrogens with zero attached hydrogens (tertiary/aromatic N) is 2. The Kier molecular flexibility index (Phi) is 5.23. The van der Waals surface area contributed by atoms with Crippen molar-refractivity contribution < 1.29 is 18.3 Å². The van der Waals surface area contributed by atoms with Crippen LogP contribution in [0, 0.1) is 12.7 Å². The number of benzene rings is 1. The molecule has 2 heterocycles. The average Bonchev–Trinajstić information content (AvgIpc) is 3.21. The van der Waals surface area contributed by atoms with Crippen LogP contribution in [-0.2, 0) is 13.7 Å². The Morgan fingerprint density at radius 2 is 2.19 bits per heavy atom. The van der Waals surface area contributed by atoms with Crippen LogP contribution in [0.3, 0.4) is 0 Å². The van der Waals surface area contributed by atoms with E-state index < -0.39 is 5.82 Å². The fourth-order valence-electron chi connectivity index (χ4n) is 2.27. The van der Waals surface area contributed by atoms with Crippen molar-refractivity contribution in [1.82, 2.24) is 9.78 Å². The molecule has 1 aromatic carbocycles. The Morgan fingerprint density at radius 1 is 1.38 bits per heavy atom. The lowest BCUT2D eigenvalue weighted by molar-refractivity contribution is 0.104. The molecule has 0 N–H and O–H groups in total. The van der Waals surface area contributed by atoms with Gasteiger partial charge < -0.3 is 9.15 Å². The maximum absolute atomic E-state index is 13.1. The molecule has 5 nitrogen and oxygen atoms in total. The second-order valence-electron chi connectivity index (χ2n) is 5.63. The smallest absolute Gasteiger partial charge is 0.189 e. The van der Waals surface area contributed by atoms with Crippen molar-refractivity contribution in [3.63, 3.8) is 0 Å². The van der Waals surface area contributed by atoms with Gasteiger partial charge in [-0.25, -0.2) is 4.39 Å². The topological polar surface area (TPSA) is 57.3 Å². The van der Waals surface area contributed by atoms with Gasteiger partial charge in [0.25, 0.3) is 0 Å². The molecule has 2 aromatic heterocycles. The van der Waals surface area contributed by atoms with Crippen molar-refractivity contribution >= 4 is 23.5 Å². The van der Waals surface area contributed by atoms with Crippen molar-refractivity contribution in [2.75, 3.05) is 0 Å². The zero-order valence-electron chi connectivity index (χ0n) is 14.2. The van der Waals surface area contributed by atoms with E-state index in [4.69, 9.17) is 20.8 Å². The van der Waals surface area contributed by atoms with Crippen LogP contribution in [0.5, 0.6) is 5.75 Å². The average molecular weight is 375 g/mol. The second kappa shape index (κ2) is 7.58. The van der Waals surface area contributed by atoms with Crippen molar-refractivity contribution in [3.05, 3.63) is 76.2 Å². The lowest BCUT2D eigenvalue weighted by Crippen LogP contribution is -1.98. The summed E-state index contributed by atoms with van der Waals surface area (Å²) in [5.74, 6) is 0.876. The fourth-order valence-corrected chi connectivity index (χ4v) is 2.44. The highest BCUT2D eigenvalue weighted by molar-refractivity contribution is 6.30. The van der Waals surface area contributed by atoms with Crippen LogP contribution in [0.2, 0.25) is 5.02 Å². The fraction of sp³-hybridized carbons (Fsp3) is 0.158. The van der Waals surface area contributed by atoms with Gasteiger partial charge in [-0.3, -0.25) is 9.48 Å². The zero-order chi connectivity index (χ0) is 18.7. The molecule has 0 unspecified atom stereocenters. The number of furan rings is 1. The van der Waals surface area contributed by atoms with Gasteiger partial charge in [-0.2, -0.15) is 5.10 Å². The first kappa shape index (κ1) is 17.9. The first-order valence-electron chi connectivity index (χ1n) is 7.81. The lowest BCUT2D eigenvalue weighted by atomic mass is 10.1. The summed E-state index contributed by atoms with van der Waals surface area (Å²) in [4.78, 5) is 12.2. The van der Waals surface area contributed by atoms with Gasteiger partial charge >= 0.3 is 0 Å². The largest absolute Gasteiger partial charge is 0.486 e. The summed E-state index contributed by atoms with van der Waals surface area (Å²) in [6.45, 7) is 1.99. The summed E-state index contributed by atoms with van der Waals surface area (Å²) < 4.78 is 25.9. The quantitative estimate of drug-likeness (QED) is 0.467. The molecule has 0 spiro atoms. The Balaban J connectivity index is 1.61. The van der Waals surface area contributed by atoms with E-state index in [0.717, 1.165) is 5.69 Å². The lowest BCUT2D eigenvalue weighted by Gasteiger charge is -2.04. The summed E-state index contributed by atoms with van der Waals surface area (Å²) in [7, 11) is 1.78. The molecule has 0 bridgehead atoms. The zero-order valence-corrected chi connectivity index (χ0v) is 15.0. The maximum Gasteiger partial charge on any atom is 0.189 e. The van der Waals surface area contributed by atoms with Crippen molar-refractivity contribution in [1.29, 1.82) is 0 Å². The first-order valence-corrected chi connectivity index (χ1v) is 8.19. The number of allylic oxidation sites excluding steroid dienone is 1. The third-order valence-electron chi connectivity index (χ3n) is 3.85. The molecule has 0 aliphatic carbocycles. The van der Waals surface area contributed by atoms with Gasteiger partial charge in [0.05, 0.1) is 16.8 Å². The van der Waals surface area contributed by atoms with Gasteiger partial charge in [0.15, 0.2) is 5.78 Å². The Morgan fingerprint density at radius 3 is 2.88 bits per heavy atom. The van der Waals surface area contributed by atoms with E-state index in [0.29, 0.717) is 22.8 Å². The SMILES string of the molecule is Cc1c(C(=O)/C=C/c2ccc(COc3ccc(F)c(Cl)c3)o2)cnn1C. The number of aryl methyl sites for hydroxylation is 1. The van der Waals surface area contributed by atoms with Gasteiger partial charge in [-0.1, -0.05) is 11.6 Å². The minimum absolute atomic E-state index is 0.00484. The van der Waals surface area contributed by atoms with Gasteiger partial charge in [-0.05, 0) is 43.3 Å². The Bertz CT molecular complexity index is 975. The highest BCUT2D eigenvalue weighted by Gasteiger charge is 2.10. The van der Waals surface area contributed by atoms with E-state index in [-0.39, 0.29) is 17.4 Å². The number of rotatable bonds is 6. The summed E-state index contributed by atoms with van der Waals surface area (Å²) in [5.41, 5.74) is 1.35. The van der Waals surface area contributed by atoms with Crippen LogP contribution >= 0.6 is 11.6 Å². The van der Waals surface area contributed by atoms with Gasteiger partial charge in [0.1, 0.15) is 29.7 Å². The third kappa shape index (κ3) is 4.03. The standard InChI is InChI=1S/C19H16ClFN2O3/c1-12-16(10-22-23(12)2)19(24)8-6-13-3-4-15(26-13)11-25-14-5-7-18(21)17(20)9-14/h3-10H,11H2,1-2H3/b8-6+. The number of carbonyl (C=O) groups is 1. The van der Waals surface area contributed by atoms with Crippen LogP contribution < -0.4 is 4.74 Å². The number of ether oxygens (including phenoxy) is 1. The number of hydrogen-bond acceptors (Lipinski definition) is 4. The third-order valence-corrected chi connectivity index (χ3v) is 4.14. The summed E-state index contributed by atoms with van der Waals surface area (Å²) in [5, 5.41) is 4.05. The molecular weight excluding hydrogens is 359 g/mol. The van der Waals surface area contributed by atoms with E-state index in [1.165, 1.54) is 30.5 Å². The molecule has 0 fully saturated rings. The molecule has 0 aliphatic heterocycles. The van der Waals surface area contributed by atoms with Crippen LogP contribution in [0.25, 0.3) is 6.08 Å². The van der Waals surface area contributed by atoms with Gasteiger partial charge in [0.2, 0.25) is 0 Å². The van der Waals surface area contributed by atoms with Crippen molar-refractivity contribution in [2.24, 2.45) is 7.05 Å². The monoisotopic (exact) mass is 374 g/mol. The normalized spacial score (nSPS) is 11.2. The summed E-state index contributed by atoms with van der Waals surface area (Å²) >= 11 is 5.71. The van der Waals surface area contributed by atoms with E-state index in [2.05, 4.69) is 5.10 Å². The second-order valence-corrected chi connectivity index (χ2v) is 6.04. The highest BCUT2D eigenvalue weighted by Crippen LogP contribution is 2.22. The predicted octanol–water partition coefficient (Wildman–Crippen LogP) is 4.59. The Hall–Kier alpha value is -2.86. The molecule has 7 heteroatoms. The van der Waals surface area contributed by atoms with Crippen molar-refractivity contribution in [2.45, 2.75) is 13.5 Å². The van der Waals surface area contributed by atoms with E-state index in [1.807, 2.05) is 6.92 Å². The maximum atomic E-state index is 13.1. The van der Waals surface area contributed by atoms with Crippen LogP contribution in [0.4, 0.5) is 4.39 Å². The van der Waals surface area contributed by atoms with Gasteiger partial charge in [-0.15, -0.1) is 0 Å². The van der Waals surface area contributed by atoms with Crippen molar-refractivity contribution in [3.8, 4) is 5.75 Å². The predicted molar refractivity (Wildman–Crippen MR) is 95.8 cm³/mol. The molecule has 3 aromatic rings. The molecule has 0 atom stereocenters. The summed E-state index contributed by atoms with van der Waals surface area (Å²) in [6.07, 6.45) is 4.57. The molecule has 0 saturated heterocycles.